The number of ether oxygens (including phenoxy) is 1. The number of carboxylic acid groups (broad SMARTS) is 1. The molecule has 0 bridgehead atoms. The number of nitrogens with one attached hydrogen (secondary N) is 2. The first-order chi connectivity index (χ1) is 15.9. The highest BCUT2D eigenvalue weighted by Gasteiger charge is 2.50. The second-order valence-corrected chi connectivity index (χ2v) is 31.3. The Balaban J connectivity index is 2.84. The smallest absolute Gasteiger partial charge is 0.465 e. The minimum atomic E-state index is -3.07. The third-order valence-electron chi connectivity index (χ3n) is 5.46. The van der Waals surface area contributed by atoms with Crippen LogP contribution in [0.2, 0.25) is 65.0 Å². The van der Waals surface area contributed by atoms with E-state index in [0.717, 1.165) is 12.8 Å². The molecule has 1 aliphatic carbocycles. The summed E-state index contributed by atoms with van der Waals surface area (Å²) in [7, 11) is -9.06. The summed E-state index contributed by atoms with van der Waals surface area (Å²) >= 11 is 0. The largest absolute Gasteiger partial charge is 0.473 e. The number of carbonyl (C=O) groups excluding carboxylic acids is 1. The Morgan fingerprint density at radius 2 is 1.33 bits per heavy atom. The van der Waals surface area contributed by atoms with E-state index in [1.54, 1.807) is 0 Å². The maximum absolute atomic E-state index is 12.7. The van der Waals surface area contributed by atoms with Crippen LogP contribution in [0, 0.1) is 10.8 Å². The molecule has 3 N–H and O–H groups in total. The molecule has 0 heterocycles. The molecule has 1 saturated carbocycles. The summed E-state index contributed by atoms with van der Waals surface area (Å²) in [6, 6.07) is 0.283. The van der Waals surface area contributed by atoms with E-state index in [9.17, 15) is 14.7 Å². The molecule has 0 saturated heterocycles. The molecule has 9 nitrogen and oxygen atoms in total. The van der Waals surface area contributed by atoms with E-state index in [2.05, 4.69) is 90.3 Å². The SMILES string of the molecule is CC1(C)CC(NC(=O)O)CC(C)(CNC(=O)OCC[Si](O[Si](C)(C)C)(O[Si](C)(C)C)O[Si](C)(C)C)C1. The van der Waals surface area contributed by atoms with Gasteiger partial charge in [-0.25, -0.2) is 9.59 Å². The first-order valence-electron chi connectivity index (χ1n) is 12.9. The van der Waals surface area contributed by atoms with Gasteiger partial charge < -0.3 is 32.8 Å². The van der Waals surface area contributed by atoms with Gasteiger partial charge in [0.2, 0.25) is 0 Å². The van der Waals surface area contributed by atoms with Gasteiger partial charge in [0.15, 0.2) is 25.0 Å². The number of amides is 2. The molecule has 212 valence electrons. The maximum Gasteiger partial charge on any atom is 0.473 e. The summed E-state index contributed by atoms with van der Waals surface area (Å²) in [6.45, 7) is 26.1. The van der Waals surface area contributed by atoms with Crippen LogP contribution in [0.4, 0.5) is 9.59 Å². The van der Waals surface area contributed by atoms with E-state index in [-0.39, 0.29) is 23.5 Å². The number of hydrogen-bond acceptors (Lipinski definition) is 6. The molecule has 0 aromatic heterocycles. The fraction of sp³-hybridized carbons (Fsp3) is 0.913. The lowest BCUT2D eigenvalue weighted by molar-refractivity contribution is 0.0664. The van der Waals surface area contributed by atoms with E-state index in [0.29, 0.717) is 19.0 Å². The third-order valence-corrected chi connectivity index (χ3v) is 17.4. The molecule has 0 radical (unpaired) electrons. The summed E-state index contributed by atoms with van der Waals surface area (Å²) in [5.41, 5.74) is -0.275. The highest BCUT2D eigenvalue weighted by Crippen LogP contribution is 2.45. The van der Waals surface area contributed by atoms with Crippen molar-refractivity contribution >= 4 is 45.9 Å². The number of alkyl carbamates (subject to hydrolysis) is 1. The molecule has 0 aliphatic heterocycles. The van der Waals surface area contributed by atoms with Crippen LogP contribution in [0.5, 0.6) is 0 Å². The van der Waals surface area contributed by atoms with Gasteiger partial charge in [0, 0.05) is 12.6 Å². The second-order valence-electron chi connectivity index (χ2n) is 14.3. The van der Waals surface area contributed by atoms with Crippen molar-refractivity contribution in [2.45, 2.75) is 111 Å². The van der Waals surface area contributed by atoms with Gasteiger partial charge in [0.05, 0.1) is 12.7 Å². The summed E-state index contributed by atoms with van der Waals surface area (Å²) < 4.78 is 25.5. The predicted octanol–water partition coefficient (Wildman–Crippen LogP) is 6.06. The Hall–Kier alpha value is -0.712. The zero-order chi connectivity index (χ0) is 28.2. The molecule has 1 aliphatic rings. The molecule has 0 spiro atoms. The highest BCUT2D eigenvalue weighted by molar-refractivity contribution is 6.90. The number of hydrogen-bond donors (Lipinski definition) is 3. The summed E-state index contributed by atoms with van der Waals surface area (Å²) in [5, 5.41) is 14.7. The molecule has 2 amide bonds. The lowest BCUT2D eigenvalue weighted by Crippen LogP contribution is -2.60. The molecule has 13 heteroatoms. The average Bonchev–Trinajstić information content (AvgIpc) is 2.52. The van der Waals surface area contributed by atoms with Crippen molar-refractivity contribution in [3.05, 3.63) is 0 Å². The Labute approximate surface area is 223 Å². The molecule has 2 unspecified atom stereocenters. The highest BCUT2D eigenvalue weighted by atomic mass is 28.5. The molecule has 1 fully saturated rings. The van der Waals surface area contributed by atoms with Gasteiger partial charge in [0.25, 0.3) is 0 Å². The van der Waals surface area contributed by atoms with Gasteiger partial charge in [-0.05, 0) is 89.0 Å². The van der Waals surface area contributed by atoms with Crippen molar-refractivity contribution in [2.24, 2.45) is 10.8 Å². The zero-order valence-corrected chi connectivity index (χ0v) is 28.7. The van der Waals surface area contributed by atoms with Crippen LogP contribution in [-0.4, -0.2) is 70.2 Å². The van der Waals surface area contributed by atoms with Crippen molar-refractivity contribution in [1.82, 2.24) is 10.6 Å². The van der Waals surface area contributed by atoms with Gasteiger partial charge in [-0.1, -0.05) is 20.8 Å². The van der Waals surface area contributed by atoms with Crippen molar-refractivity contribution in [3.63, 3.8) is 0 Å². The molecule has 0 aromatic carbocycles. The van der Waals surface area contributed by atoms with Crippen molar-refractivity contribution < 1.29 is 31.8 Å². The van der Waals surface area contributed by atoms with Gasteiger partial charge >= 0.3 is 21.0 Å². The Kier molecular flexibility index (Phi) is 11.1. The minimum Gasteiger partial charge on any atom is -0.465 e. The van der Waals surface area contributed by atoms with Gasteiger partial charge in [0.1, 0.15) is 0 Å². The lowest BCUT2D eigenvalue weighted by Gasteiger charge is -2.46. The van der Waals surface area contributed by atoms with Gasteiger partial charge in [-0.15, -0.1) is 0 Å². The van der Waals surface area contributed by atoms with E-state index in [4.69, 9.17) is 17.1 Å². The Morgan fingerprint density at radius 3 is 1.75 bits per heavy atom. The molecule has 36 heavy (non-hydrogen) atoms. The Bertz CT molecular complexity index is 722. The van der Waals surface area contributed by atoms with Crippen LogP contribution >= 0.6 is 0 Å². The Morgan fingerprint density at radius 1 is 0.861 bits per heavy atom. The van der Waals surface area contributed by atoms with Crippen LogP contribution in [0.3, 0.4) is 0 Å². The minimum absolute atomic E-state index is 0.0343. The predicted molar refractivity (Wildman–Crippen MR) is 154 cm³/mol. The van der Waals surface area contributed by atoms with Gasteiger partial charge in [-0.3, -0.25) is 0 Å². The van der Waals surface area contributed by atoms with Crippen molar-refractivity contribution in [1.29, 1.82) is 0 Å². The number of carbonyl (C=O) groups is 2. The first kappa shape index (κ1) is 33.3. The molecule has 0 aromatic rings. The zero-order valence-electron chi connectivity index (χ0n) is 24.7. The van der Waals surface area contributed by atoms with Crippen LogP contribution in [0.15, 0.2) is 0 Å². The van der Waals surface area contributed by atoms with Crippen LogP contribution in [0.1, 0.15) is 40.0 Å². The van der Waals surface area contributed by atoms with E-state index < -0.39 is 45.9 Å². The van der Waals surface area contributed by atoms with Crippen LogP contribution < -0.4 is 10.6 Å². The second kappa shape index (κ2) is 12.0. The monoisotopic (exact) mass is 580 g/mol. The van der Waals surface area contributed by atoms with E-state index in [1.807, 2.05) is 0 Å². The fourth-order valence-electron chi connectivity index (χ4n) is 5.27. The molecular weight excluding hydrogens is 529 g/mol. The molecule has 2 atom stereocenters. The average molecular weight is 581 g/mol. The topological polar surface area (TPSA) is 115 Å². The standard InChI is InChI=1S/C23H52N2O7Si4/c1-22(2)15-19(25-20(26)27)16-23(3,17-22)18-24-21(28)29-13-14-36(30-33(4,5)6,31-34(7,8)9)32-35(10,11)12/h19,25H,13-18H2,1-12H3,(H,24,28)(H,26,27). The molecular formula is C23H52N2O7Si4. The summed E-state index contributed by atoms with van der Waals surface area (Å²) in [5.74, 6) is 0. The lowest BCUT2D eigenvalue weighted by atomic mass is 9.62. The van der Waals surface area contributed by atoms with E-state index >= 15 is 0 Å². The summed E-state index contributed by atoms with van der Waals surface area (Å²) in [6.07, 6.45) is 0.821. The first-order valence-corrected chi connectivity index (χ1v) is 25.1. The van der Waals surface area contributed by atoms with Crippen LogP contribution in [0.25, 0.3) is 0 Å². The fourth-order valence-corrected chi connectivity index (χ4v) is 19.7. The quantitative estimate of drug-likeness (QED) is 0.240. The van der Waals surface area contributed by atoms with Crippen molar-refractivity contribution in [3.8, 4) is 0 Å². The summed E-state index contributed by atoms with van der Waals surface area (Å²) in [4.78, 5) is 23.9. The number of rotatable bonds is 12. The maximum atomic E-state index is 12.7. The van der Waals surface area contributed by atoms with Crippen molar-refractivity contribution in [2.75, 3.05) is 13.2 Å². The van der Waals surface area contributed by atoms with Crippen LogP contribution in [-0.2, 0) is 17.1 Å². The molecule has 1 rings (SSSR count). The van der Waals surface area contributed by atoms with Gasteiger partial charge in [-0.2, -0.15) is 0 Å². The normalized spacial score (nSPS) is 23.2. The van der Waals surface area contributed by atoms with E-state index in [1.165, 1.54) is 0 Å². The third kappa shape index (κ3) is 13.7.